The molecule has 3 aromatic rings. The number of hydrogen-bond acceptors (Lipinski definition) is 9. The van der Waals surface area contributed by atoms with Crippen LogP contribution >= 0.6 is 11.8 Å². The summed E-state index contributed by atoms with van der Waals surface area (Å²) in [5, 5.41) is 12.2. The number of nitrogens with zero attached hydrogens (tertiary/aromatic N) is 5. The lowest BCUT2D eigenvalue weighted by Gasteiger charge is -2.32. The molecule has 2 saturated heterocycles. The minimum absolute atomic E-state index is 0.353. The Morgan fingerprint density at radius 3 is 2.74 bits per heavy atom. The topological polar surface area (TPSA) is 129 Å². The van der Waals surface area contributed by atoms with E-state index in [4.69, 9.17) is 0 Å². The maximum atomic E-state index is 11.8. The number of rotatable bonds is 7. The highest BCUT2D eigenvalue weighted by Gasteiger charge is 2.25. The molecule has 3 aromatic heterocycles. The summed E-state index contributed by atoms with van der Waals surface area (Å²) in [5.74, 6) is 0.858. The maximum absolute atomic E-state index is 11.8. The molecule has 2 amide bonds. The second-order valence-corrected chi connectivity index (χ2v) is 9.25. The zero-order valence-electron chi connectivity index (χ0n) is 18.4. The molecule has 0 radical (unpaired) electrons. The molecule has 174 valence electrons. The van der Waals surface area contributed by atoms with Crippen LogP contribution in [-0.4, -0.2) is 55.9 Å². The fourth-order valence-corrected chi connectivity index (χ4v) is 4.67. The summed E-state index contributed by atoms with van der Waals surface area (Å²) >= 11 is 0.889. The Bertz CT molecular complexity index is 1190. The highest BCUT2D eigenvalue weighted by molar-refractivity contribution is 8.18. The summed E-state index contributed by atoms with van der Waals surface area (Å²) in [6.07, 6.45) is 10.9. The summed E-state index contributed by atoms with van der Waals surface area (Å²) < 4.78 is 0. The molecule has 5 rings (SSSR count). The van der Waals surface area contributed by atoms with Crippen LogP contribution in [0.4, 0.5) is 10.7 Å². The van der Waals surface area contributed by atoms with Crippen LogP contribution in [0.2, 0.25) is 0 Å². The molecule has 0 atom stereocenters. The van der Waals surface area contributed by atoms with E-state index in [1.54, 1.807) is 24.5 Å². The van der Waals surface area contributed by atoms with Crippen LogP contribution in [0.3, 0.4) is 0 Å². The smallest absolute Gasteiger partial charge is 0.290 e. The number of carbonyl (C=O) groups is 2. The lowest BCUT2D eigenvalue weighted by molar-refractivity contribution is -0.115. The largest absolute Gasteiger partial charge is 0.341 e. The lowest BCUT2D eigenvalue weighted by Crippen LogP contribution is -2.38. The van der Waals surface area contributed by atoms with Crippen LogP contribution in [0.25, 0.3) is 17.3 Å². The van der Waals surface area contributed by atoms with E-state index >= 15 is 0 Å². The van der Waals surface area contributed by atoms with Gasteiger partial charge < -0.3 is 10.2 Å². The van der Waals surface area contributed by atoms with Gasteiger partial charge in [0.05, 0.1) is 22.5 Å². The molecule has 34 heavy (non-hydrogen) atoms. The lowest BCUT2D eigenvalue weighted by atomic mass is 9.97. The summed E-state index contributed by atoms with van der Waals surface area (Å²) in [5.41, 5.74) is 3.66. The van der Waals surface area contributed by atoms with Crippen molar-refractivity contribution >= 4 is 34.9 Å². The van der Waals surface area contributed by atoms with Crippen molar-refractivity contribution in [2.24, 2.45) is 5.92 Å². The van der Waals surface area contributed by atoms with E-state index in [-0.39, 0.29) is 11.1 Å². The molecule has 0 unspecified atom stereocenters. The van der Waals surface area contributed by atoms with Crippen LogP contribution in [0.1, 0.15) is 24.1 Å². The van der Waals surface area contributed by atoms with Gasteiger partial charge >= 0.3 is 0 Å². The van der Waals surface area contributed by atoms with Crippen molar-refractivity contribution in [3.05, 3.63) is 59.1 Å². The molecule has 0 bridgehead atoms. The molecule has 0 aliphatic carbocycles. The monoisotopic (exact) mass is 476 g/mol. The second kappa shape index (κ2) is 10.1. The summed E-state index contributed by atoms with van der Waals surface area (Å²) in [6, 6.07) is 5.84. The van der Waals surface area contributed by atoms with Gasteiger partial charge in [0.1, 0.15) is 0 Å². The predicted octanol–water partition coefficient (Wildman–Crippen LogP) is 2.59. The average molecular weight is 477 g/mol. The third-order valence-electron chi connectivity index (χ3n) is 5.86. The Balaban J connectivity index is 1.09. The first-order valence-corrected chi connectivity index (χ1v) is 11.9. The fourth-order valence-electron chi connectivity index (χ4n) is 4.00. The predicted molar refractivity (Wildman–Crippen MR) is 130 cm³/mol. The van der Waals surface area contributed by atoms with Gasteiger partial charge in [-0.15, -0.1) is 0 Å². The molecule has 0 spiro atoms. The van der Waals surface area contributed by atoms with Crippen LogP contribution in [0, 0.1) is 5.92 Å². The van der Waals surface area contributed by atoms with Crippen LogP contribution in [-0.2, 0) is 11.3 Å². The molecule has 11 heteroatoms. The summed E-state index contributed by atoms with van der Waals surface area (Å²) in [4.78, 5) is 39.1. The van der Waals surface area contributed by atoms with Crippen molar-refractivity contribution < 1.29 is 9.59 Å². The number of imide groups is 1. The Morgan fingerprint density at radius 1 is 1.15 bits per heavy atom. The minimum atomic E-state index is -0.381. The Hall–Kier alpha value is -3.57. The minimum Gasteiger partial charge on any atom is -0.341 e. The van der Waals surface area contributed by atoms with E-state index in [1.165, 1.54) is 0 Å². The van der Waals surface area contributed by atoms with Crippen LogP contribution in [0.5, 0.6) is 0 Å². The first-order chi connectivity index (χ1) is 16.6. The van der Waals surface area contributed by atoms with Crippen molar-refractivity contribution in [3.8, 4) is 11.3 Å². The van der Waals surface area contributed by atoms with Crippen LogP contribution < -0.4 is 15.5 Å². The normalized spacial score (nSPS) is 18.0. The molecule has 10 nitrogen and oxygen atoms in total. The third kappa shape index (κ3) is 5.32. The summed E-state index contributed by atoms with van der Waals surface area (Å²) in [6.45, 7) is 3.49. The first kappa shape index (κ1) is 22.2. The van der Waals surface area contributed by atoms with Gasteiger partial charge in [0.2, 0.25) is 5.95 Å². The van der Waals surface area contributed by atoms with Gasteiger partial charge in [0.25, 0.3) is 11.1 Å². The average Bonchev–Trinajstić information content (AvgIpc) is 3.50. The number of piperidine rings is 1. The summed E-state index contributed by atoms with van der Waals surface area (Å²) in [7, 11) is 0. The number of thioether (sulfide) groups is 1. The number of aromatic nitrogens is 5. The van der Waals surface area contributed by atoms with E-state index in [0.29, 0.717) is 22.5 Å². The molecule has 0 saturated carbocycles. The quantitative estimate of drug-likeness (QED) is 0.441. The number of hydrogen-bond donors (Lipinski definition) is 3. The Morgan fingerprint density at radius 2 is 2.03 bits per heavy atom. The zero-order valence-corrected chi connectivity index (χ0v) is 19.2. The van der Waals surface area contributed by atoms with Gasteiger partial charge in [0, 0.05) is 43.8 Å². The van der Waals surface area contributed by atoms with Gasteiger partial charge in [-0.2, -0.15) is 5.10 Å². The van der Waals surface area contributed by atoms with Crippen molar-refractivity contribution in [2.45, 2.75) is 19.4 Å². The number of carbonyl (C=O) groups excluding carboxylic acids is 2. The standard InChI is InChI=1S/C23H24N8O2S/c32-21-20(34-23(33)30-21)9-18-3-6-25-22(29-18)31-7-4-15(5-8-31)10-24-11-16-1-2-19(26-12-16)17-13-27-28-14-17/h1-3,6,9,12-15,24H,4-5,7-8,10-11H2,(H,27,28)(H,30,32,33)/b20-9-. The molecular formula is C23H24N8O2S. The number of pyridine rings is 1. The van der Waals surface area contributed by atoms with Crippen molar-refractivity contribution in [2.75, 3.05) is 24.5 Å². The van der Waals surface area contributed by atoms with Gasteiger partial charge in [-0.25, -0.2) is 9.97 Å². The van der Waals surface area contributed by atoms with Gasteiger partial charge in [0.15, 0.2) is 0 Å². The van der Waals surface area contributed by atoms with Crippen molar-refractivity contribution in [1.29, 1.82) is 0 Å². The molecule has 3 N–H and O–H groups in total. The number of amides is 2. The molecular weight excluding hydrogens is 452 g/mol. The van der Waals surface area contributed by atoms with Crippen molar-refractivity contribution in [3.63, 3.8) is 0 Å². The van der Waals surface area contributed by atoms with E-state index in [0.717, 1.165) is 67.6 Å². The Labute approximate surface area is 200 Å². The van der Waals surface area contributed by atoms with Gasteiger partial charge in [-0.1, -0.05) is 6.07 Å². The highest BCUT2D eigenvalue weighted by atomic mass is 32.2. The number of aromatic amines is 1. The second-order valence-electron chi connectivity index (χ2n) is 8.23. The maximum Gasteiger partial charge on any atom is 0.290 e. The number of nitrogens with one attached hydrogen (secondary N) is 3. The third-order valence-corrected chi connectivity index (χ3v) is 6.67. The van der Waals surface area contributed by atoms with E-state index in [2.05, 4.69) is 46.7 Å². The van der Waals surface area contributed by atoms with Gasteiger partial charge in [-0.05, 0) is 60.8 Å². The van der Waals surface area contributed by atoms with Crippen molar-refractivity contribution in [1.82, 2.24) is 35.8 Å². The zero-order chi connectivity index (χ0) is 23.3. The van der Waals surface area contributed by atoms with Gasteiger partial charge in [-0.3, -0.25) is 25.0 Å². The molecule has 2 aliphatic heterocycles. The highest BCUT2D eigenvalue weighted by Crippen LogP contribution is 2.26. The SMILES string of the molecule is O=C1NC(=O)/C(=C/c2ccnc(N3CCC(CNCc4ccc(-c5cn[nH]c5)nc4)CC3)n2)S1. The Kier molecular flexibility index (Phi) is 6.63. The number of H-pyrrole nitrogens is 1. The molecule has 5 heterocycles. The molecule has 2 fully saturated rings. The fraction of sp³-hybridized carbons (Fsp3) is 0.304. The van der Waals surface area contributed by atoms with E-state index in [9.17, 15) is 9.59 Å². The number of anilines is 1. The molecule has 2 aliphatic rings. The van der Waals surface area contributed by atoms with Crippen LogP contribution in [0.15, 0.2) is 47.9 Å². The first-order valence-electron chi connectivity index (χ1n) is 11.1. The van der Waals surface area contributed by atoms with E-state index in [1.807, 2.05) is 18.5 Å². The molecule has 0 aromatic carbocycles. The van der Waals surface area contributed by atoms with E-state index < -0.39 is 0 Å².